The summed E-state index contributed by atoms with van der Waals surface area (Å²) in [5.74, 6) is 0.785. The molecule has 20 heavy (non-hydrogen) atoms. The standard InChI is InChI=1S/C15H22BrNO3/c1-19-13-6-7-14(16)15(8-13)17-9-11(18)10-20-12-4-2-3-5-12/h6-8,11-12,17-18H,2-5,9-10H2,1H3. The first-order chi connectivity index (χ1) is 9.69. The van der Waals surface area contributed by atoms with Gasteiger partial charge < -0.3 is 19.9 Å². The van der Waals surface area contributed by atoms with E-state index in [1.807, 2.05) is 18.2 Å². The Kier molecular flexibility index (Phi) is 6.13. The van der Waals surface area contributed by atoms with Crippen LogP contribution in [0.15, 0.2) is 22.7 Å². The molecule has 2 N–H and O–H groups in total. The smallest absolute Gasteiger partial charge is 0.121 e. The molecule has 1 aromatic carbocycles. The van der Waals surface area contributed by atoms with E-state index in [1.54, 1.807) is 7.11 Å². The fourth-order valence-electron chi connectivity index (χ4n) is 2.36. The highest BCUT2D eigenvalue weighted by Gasteiger charge is 2.17. The van der Waals surface area contributed by atoms with Gasteiger partial charge in [0.05, 0.1) is 31.6 Å². The summed E-state index contributed by atoms with van der Waals surface area (Å²) in [5.41, 5.74) is 0.907. The largest absolute Gasteiger partial charge is 0.497 e. The summed E-state index contributed by atoms with van der Waals surface area (Å²) >= 11 is 3.47. The SMILES string of the molecule is COc1ccc(Br)c(NCC(O)COC2CCCC2)c1. The van der Waals surface area contributed by atoms with Crippen molar-refractivity contribution in [3.05, 3.63) is 22.7 Å². The average Bonchev–Trinajstić information content (AvgIpc) is 2.97. The first-order valence-corrected chi connectivity index (χ1v) is 7.85. The number of aliphatic hydroxyl groups excluding tert-OH is 1. The molecule has 0 spiro atoms. The number of aliphatic hydroxyl groups is 1. The van der Waals surface area contributed by atoms with E-state index in [9.17, 15) is 5.11 Å². The molecule has 1 saturated carbocycles. The van der Waals surface area contributed by atoms with Crippen molar-refractivity contribution >= 4 is 21.6 Å². The van der Waals surface area contributed by atoms with Gasteiger partial charge in [-0.1, -0.05) is 12.8 Å². The fraction of sp³-hybridized carbons (Fsp3) is 0.600. The maximum Gasteiger partial charge on any atom is 0.121 e. The van der Waals surface area contributed by atoms with Crippen molar-refractivity contribution in [2.24, 2.45) is 0 Å². The van der Waals surface area contributed by atoms with Crippen LogP contribution in [0.5, 0.6) is 5.75 Å². The van der Waals surface area contributed by atoms with Gasteiger partial charge in [0.2, 0.25) is 0 Å². The second-order valence-corrected chi connectivity index (χ2v) is 5.97. The Bertz CT molecular complexity index is 422. The number of hydrogen-bond acceptors (Lipinski definition) is 4. The Morgan fingerprint density at radius 3 is 2.85 bits per heavy atom. The van der Waals surface area contributed by atoms with Crippen molar-refractivity contribution in [2.75, 3.05) is 25.6 Å². The summed E-state index contributed by atoms with van der Waals surface area (Å²) in [7, 11) is 1.64. The molecule has 0 aromatic heterocycles. The normalized spacial score (nSPS) is 17.1. The van der Waals surface area contributed by atoms with Crippen LogP contribution in [0, 0.1) is 0 Å². The van der Waals surface area contributed by atoms with Gasteiger partial charge in [0.1, 0.15) is 5.75 Å². The predicted octanol–water partition coefficient (Wildman–Crippen LogP) is 3.19. The molecule has 112 valence electrons. The van der Waals surface area contributed by atoms with Gasteiger partial charge in [-0.05, 0) is 40.9 Å². The van der Waals surface area contributed by atoms with E-state index in [2.05, 4.69) is 21.2 Å². The number of anilines is 1. The zero-order chi connectivity index (χ0) is 14.4. The lowest BCUT2D eigenvalue weighted by Gasteiger charge is -2.17. The Morgan fingerprint density at radius 2 is 2.15 bits per heavy atom. The molecule has 0 saturated heterocycles. The highest BCUT2D eigenvalue weighted by molar-refractivity contribution is 9.10. The third-order valence-corrected chi connectivity index (χ3v) is 4.22. The second kappa shape index (κ2) is 7.86. The van der Waals surface area contributed by atoms with E-state index in [4.69, 9.17) is 9.47 Å². The van der Waals surface area contributed by atoms with Crippen molar-refractivity contribution in [3.8, 4) is 5.75 Å². The van der Waals surface area contributed by atoms with Gasteiger partial charge in [-0.3, -0.25) is 0 Å². The summed E-state index contributed by atoms with van der Waals surface area (Å²) in [4.78, 5) is 0. The van der Waals surface area contributed by atoms with Gasteiger partial charge in [-0.25, -0.2) is 0 Å². The quantitative estimate of drug-likeness (QED) is 0.798. The Morgan fingerprint density at radius 1 is 1.40 bits per heavy atom. The predicted molar refractivity (Wildman–Crippen MR) is 83.4 cm³/mol. The maximum atomic E-state index is 9.95. The van der Waals surface area contributed by atoms with Crippen LogP contribution >= 0.6 is 15.9 Å². The summed E-state index contributed by atoms with van der Waals surface area (Å²) in [6.07, 6.45) is 4.58. The zero-order valence-corrected chi connectivity index (χ0v) is 13.4. The zero-order valence-electron chi connectivity index (χ0n) is 11.8. The van der Waals surface area contributed by atoms with Crippen LogP contribution in [0.2, 0.25) is 0 Å². The Labute approximate surface area is 128 Å². The number of rotatable bonds is 7. The van der Waals surface area contributed by atoms with Gasteiger partial charge >= 0.3 is 0 Å². The highest BCUT2D eigenvalue weighted by Crippen LogP contribution is 2.27. The second-order valence-electron chi connectivity index (χ2n) is 5.12. The fourth-order valence-corrected chi connectivity index (χ4v) is 2.74. The molecule has 1 aliphatic rings. The lowest BCUT2D eigenvalue weighted by Crippen LogP contribution is -2.27. The van der Waals surface area contributed by atoms with E-state index in [0.29, 0.717) is 19.3 Å². The molecule has 0 aliphatic heterocycles. The third kappa shape index (κ3) is 4.65. The summed E-state index contributed by atoms with van der Waals surface area (Å²) in [5, 5.41) is 13.2. The molecule has 0 radical (unpaired) electrons. The summed E-state index contributed by atoms with van der Waals surface area (Å²) in [6, 6.07) is 5.70. The molecule has 0 heterocycles. The van der Waals surface area contributed by atoms with E-state index < -0.39 is 6.10 Å². The van der Waals surface area contributed by atoms with Crippen LogP contribution in [-0.4, -0.2) is 37.6 Å². The van der Waals surface area contributed by atoms with Crippen molar-refractivity contribution in [1.82, 2.24) is 0 Å². The van der Waals surface area contributed by atoms with Gasteiger partial charge in [0.15, 0.2) is 0 Å². The molecule has 0 amide bonds. The molecule has 5 heteroatoms. The van der Waals surface area contributed by atoms with Crippen LogP contribution in [0.3, 0.4) is 0 Å². The van der Waals surface area contributed by atoms with Crippen LogP contribution in [0.4, 0.5) is 5.69 Å². The third-order valence-electron chi connectivity index (χ3n) is 3.53. The number of halogens is 1. The number of ether oxygens (including phenoxy) is 2. The number of hydrogen-bond donors (Lipinski definition) is 2. The topological polar surface area (TPSA) is 50.7 Å². The van der Waals surface area contributed by atoms with E-state index >= 15 is 0 Å². The first-order valence-electron chi connectivity index (χ1n) is 7.06. The van der Waals surface area contributed by atoms with Crippen LogP contribution in [-0.2, 0) is 4.74 Å². The number of nitrogens with one attached hydrogen (secondary N) is 1. The molecule has 2 rings (SSSR count). The summed E-state index contributed by atoms with van der Waals surface area (Å²) < 4.78 is 11.8. The van der Waals surface area contributed by atoms with Gasteiger partial charge in [-0.15, -0.1) is 0 Å². The minimum Gasteiger partial charge on any atom is -0.497 e. The highest BCUT2D eigenvalue weighted by atomic mass is 79.9. The molecule has 1 atom stereocenters. The molecule has 1 aromatic rings. The van der Waals surface area contributed by atoms with Crippen LogP contribution < -0.4 is 10.1 Å². The van der Waals surface area contributed by atoms with Crippen molar-refractivity contribution < 1.29 is 14.6 Å². The molecule has 1 aliphatic carbocycles. The number of methoxy groups -OCH3 is 1. The average molecular weight is 344 g/mol. The van der Waals surface area contributed by atoms with Gasteiger partial charge in [0.25, 0.3) is 0 Å². The van der Waals surface area contributed by atoms with Crippen LogP contribution in [0.25, 0.3) is 0 Å². The van der Waals surface area contributed by atoms with E-state index in [1.165, 1.54) is 12.8 Å². The summed E-state index contributed by atoms with van der Waals surface area (Å²) in [6.45, 7) is 0.845. The monoisotopic (exact) mass is 343 g/mol. The van der Waals surface area contributed by atoms with Crippen molar-refractivity contribution in [2.45, 2.75) is 37.9 Å². The molecule has 0 bridgehead atoms. The molecular weight excluding hydrogens is 322 g/mol. The van der Waals surface area contributed by atoms with Gasteiger partial charge in [-0.2, -0.15) is 0 Å². The lowest BCUT2D eigenvalue weighted by molar-refractivity contribution is -0.00117. The minimum atomic E-state index is -0.506. The maximum absolute atomic E-state index is 9.95. The molecule has 1 unspecified atom stereocenters. The van der Waals surface area contributed by atoms with Crippen molar-refractivity contribution in [3.63, 3.8) is 0 Å². The molecule has 4 nitrogen and oxygen atoms in total. The van der Waals surface area contributed by atoms with E-state index in [0.717, 1.165) is 28.8 Å². The van der Waals surface area contributed by atoms with E-state index in [-0.39, 0.29) is 0 Å². The number of benzene rings is 1. The molecule has 1 fully saturated rings. The lowest BCUT2D eigenvalue weighted by atomic mass is 10.2. The minimum absolute atomic E-state index is 0.341. The van der Waals surface area contributed by atoms with Crippen molar-refractivity contribution in [1.29, 1.82) is 0 Å². The first kappa shape index (κ1) is 15.6. The Hall–Kier alpha value is -0.780. The van der Waals surface area contributed by atoms with Gasteiger partial charge in [0, 0.05) is 17.1 Å². The Balaban J connectivity index is 1.75. The van der Waals surface area contributed by atoms with Crippen LogP contribution in [0.1, 0.15) is 25.7 Å². The molecular formula is C15H22BrNO3.